The smallest absolute Gasteiger partial charge is 0.328 e. The second-order valence-corrected chi connectivity index (χ2v) is 4.47. The van der Waals surface area contributed by atoms with Gasteiger partial charge in [-0.2, -0.15) is 0 Å². The number of anilines is 1. The molecule has 0 fully saturated rings. The number of amides is 1. The highest BCUT2D eigenvalue weighted by molar-refractivity contribution is 5.97. The Kier molecular flexibility index (Phi) is 4.88. The molecule has 2 atom stereocenters. The summed E-state index contributed by atoms with van der Waals surface area (Å²) < 4.78 is 0. The highest BCUT2D eigenvalue weighted by Gasteiger charge is 2.25. The van der Waals surface area contributed by atoms with Gasteiger partial charge in [-0.15, -0.1) is 0 Å². The van der Waals surface area contributed by atoms with Crippen LogP contribution in [0.2, 0.25) is 0 Å². The van der Waals surface area contributed by atoms with Crippen LogP contribution >= 0.6 is 0 Å². The van der Waals surface area contributed by atoms with E-state index < -0.39 is 24.0 Å². The molecule has 1 rings (SSSR count). The Morgan fingerprint density at radius 3 is 2.42 bits per heavy atom. The number of nitrogens with one attached hydrogen (secondary N) is 1. The van der Waals surface area contributed by atoms with Crippen LogP contribution in [0.5, 0.6) is 0 Å². The maximum Gasteiger partial charge on any atom is 0.328 e. The molecule has 0 spiro atoms. The van der Waals surface area contributed by atoms with Crippen molar-refractivity contribution in [2.45, 2.75) is 19.1 Å². The van der Waals surface area contributed by atoms with Gasteiger partial charge in [0, 0.05) is 25.3 Å². The van der Waals surface area contributed by atoms with E-state index in [0.29, 0.717) is 5.56 Å². The third-order valence-corrected chi connectivity index (χ3v) is 2.66. The van der Waals surface area contributed by atoms with Crippen LogP contribution in [0.4, 0.5) is 5.69 Å². The Hall–Kier alpha value is -2.08. The molecule has 1 amide bonds. The first-order valence-electron chi connectivity index (χ1n) is 5.82. The molecular formula is C13H18N2O4. The number of aliphatic hydroxyl groups excluding tert-OH is 1. The first-order valence-corrected chi connectivity index (χ1v) is 5.82. The van der Waals surface area contributed by atoms with E-state index in [4.69, 9.17) is 5.11 Å². The maximum atomic E-state index is 11.9. The topological polar surface area (TPSA) is 89.9 Å². The lowest BCUT2D eigenvalue weighted by Crippen LogP contribution is -2.47. The third-order valence-electron chi connectivity index (χ3n) is 2.66. The Balaban J connectivity index is 2.88. The molecule has 0 aliphatic carbocycles. The van der Waals surface area contributed by atoms with Crippen LogP contribution < -0.4 is 10.2 Å². The van der Waals surface area contributed by atoms with Crippen LogP contribution in [-0.2, 0) is 4.79 Å². The van der Waals surface area contributed by atoms with E-state index in [1.165, 1.54) is 6.92 Å². The summed E-state index contributed by atoms with van der Waals surface area (Å²) in [6.45, 7) is 1.31. The summed E-state index contributed by atoms with van der Waals surface area (Å²) in [4.78, 5) is 24.7. The lowest BCUT2D eigenvalue weighted by Gasteiger charge is -2.18. The molecule has 0 aliphatic heterocycles. The van der Waals surface area contributed by atoms with Gasteiger partial charge >= 0.3 is 5.97 Å². The fourth-order valence-corrected chi connectivity index (χ4v) is 1.54. The van der Waals surface area contributed by atoms with Gasteiger partial charge < -0.3 is 20.4 Å². The van der Waals surface area contributed by atoms with Crippen LogP contribution in [0.25, 0.3) is 0 Å². The molecule has 2 unspecified atom stereocenters. The number of benzene rings is 1. The summed E-state index contributed by atoms with van der Waals surface area (Å²) in [6.07, 6.45) is -1.17. The van der Waals surface area contributed by atoms with Crippen molar-refractivity contribution in [1.82, 2.24) is 5.32 Å². The second kappa shape index (κ2) is 6.19. The van der Waals surface area contributed by atoms with Gasteiger partial charge in [-0.25, -0.2) is 4.79 Å². The van der Waals surface area contributed by atoms with E-state index in [-0.39, 0.29) is 0 Å². The summed E-state index contributed by atoms with van der Waals surface area (Å²) >= 11 is 0. The van der Waals surface area contributed by atoms with Gasteiger partial charge in [0.15, 0.2) is 6.04 Å². The largest absolute Gasteiger partial charge is 0.480 e. The molecule has 6 nitrogen and oxygen atoms in total. The SMILES string of the molecule is CC(O)C(NC(=O)c1cccc(N(C)C)c1)C(=O)O. The van der Waals surface area contributed by atoms with Gasteiger partial charge in [0.25, 0.3) is 5.91 Å². The predicted octanol–water partition coefficient (Wildman–Crippen LogP) is 0.316. The zero-order valence-corrected chi connectivity index (χ0v) is 11.1. The number of hydrogen-bond acceptors (Lipinski definition) is 4. The van der Waals surface area contributed by atoms with Crippen LogP contribution in [0.3, 0.4) is 0 Å². The molecule has 104 valence electrons. The lowest BCUT2D eigenvalue weighted by atomic mass is 10.1. The van der Waals surface area contributed by atoms with E-state index >= 15 is 0 Å². The highest BCUT2D eigenvalue weighted by atomic mass is 16.4. The minimum atomic E-state index is -1.32. The second-order valence-electron chi connectivity index (χ2n) is 4.47. The van der Waals surface area contributed by atoms with Crippen molar-refractivity contribution in [1.29, 1.82) is 0 Å². The molecule has 0 aromatic heterocycles. The number of aliphatic carboxylic acids is 1. The average Bonchev–Trinajstić information content (AvgIpc) is 2.34. The van der Waals surface area contributed by atoms with E-state index in [1.54, 1.807) is 18.2 Å². The van der Waals surface area contributed by atoms with Crippen molar-refractivity contribution < 1.29 is 19.8 Å². The standard InChI is InChI=1S/C13H18N2O4/c1-8(16)11(13(18)19)14-12(17)9-5-4-6-10(7-9)15(2)3/h4-8,11,16H,1-3H3,(H,14,17)(H,18,19). The average molecular weight is 266 g/mol. The van der Waals surface area contributed by atoms with E-state index in [9.17, 15) is 14.7 Å². The lowest BCUT2D eigenvalue weighted by molar-refractivity contribution is -0.141. The van der Waals surface area contributed by atoms with Crippen LogP contribution in [-0.4, -0.2) is 48.3 Å². The van der Waals surface area contributed by atoms with Gasteiger partial charge in [-0.1, -0.05) is 6.07 Å². The number of aliphatic hydroxyl groups is 1. The van der Waals surface area contributed by atoms with Gasteiger partial charge in [0.05, 0.1) is 6.10 Å². The molecular weight excluding hydrogens is 248 g/mol. The first kappa shape index (κ1) is 15.0. The third kappa shape index (κ3) is 3.96. The fraction of sp³-hybridized carbons (Fsp3) is 0.385. The molecule has 0 bridgehead atoms. The number of rotatable bonds is 5. The predicted molar refractivity (Wildman–Crippen MR) is 71.3 cm³/mol. The summed E-state index contributed by atoms with van der Waals surface area (Å²) in [5, 5.41) is 20.5. The van der Waals surface area contributed by atoms with Crippen molar-refractivity contribution in [2.24, 2.45) is 0 Å². The van der Waals surface area contributed by atoms with E-state index in [1.807, 2.05) is 25.1 Å². The monoisotopic (exact) mass is 266 g/mol. The number of carbonyl (C=O) groups is 2. The fourth-order valence-electron chi connectivity index (χ4n) is 1.54. The number of nitrogens with zero attached hydrogens (tertiary/aromatic N) is 1. The Labute approximate surface area is 111 Å². The summed E-state index contributed by atoms with van der Waals surface area (Å²) in [7, 11) is 3.68. The quantitative estimate of drug-likeness (QED) is 0.714. The molecule has 0 aliphatic rings. The Morgan fingerprint density at radius 2 is 1.95 bits per heavy atom. The number of carboxylic acids is 1. The minimum Gasteiger partial charge on any atom is -0.480 e. The molecule has 6 heteroatoms. The van der Waals surface area contributed by atoms with Crippen LogP contribution in [0.1, 0.15) is 17.3 Å². The van der Waals surface area contributed by atoms with Crippen LogP contribution in [0, 0.1) is 0 Å². The molecule has 0 radical (unpaired) electrons. The molecule has 0 heterocycles. The van der Waals surface area contributed by atoms with Gasteiger partial charge in [-0.3, -0.25) is 4.79 Å². The molecule has 1 aromatic rings. The number of carboxylic acid groups (broad SMARTS) is 1. The zero-order chi connectivity index (χ0) is 14.6. The zero-order valence-electron chi connectivity index (χ0n) is 11.1. The van der Waals surface area contributed by atoms with Crippen molar-refractivity contribution in [3.8, 4) is 0 Å². The molecule has 3 N–H and O–H groups in total. The van der Waals surface area contributed by atoms with Crippen LogP contribution in [0.15, 0.2) is 24.3 Å². The van der Waals surface area contributed by atoms with E-state index in [0.717, 1.165) is 5.69 Å². The van der Waals surface area contributed by atoms with E-state index in [2.05, 4.69) is 5.32 Å². The van der Waals surface area contributed by atoms with Crippen molar-refractivity contribution in [3.63, 3.8) is 0 Å². The number of hydrogen-bond donors (Lipinski definition) is 3. The van der Waals surface area contributed by atoms with Gasteiger partial charge in [0.1, 0.15) is 0 Å². The summed E-state index contributed by atoms with van der Waals surface area (Å²) in [5.41, 5.74) is 1.18. The van der Waals surface area contributed by atoms with Crippen molar-refractivity contribution in [2.75, 3.05) is 19.0 Å². The van der Waals surface area contributed by atoms with Gasteiger partial charge in [-0.05, 0) is 25.1 Å². The van der Waals surface area contributed by atoms with Gasteiger partial charge in [0.2, 0.25) is 0 Å². The summed E-state index contributed by atoms with van der Waals surface area (Å²) in [6, 6.07) is 5.46. The molecule has 0 saturated heterocycles. The first-order chi connectivity index (χ1) is 8.82. The number of carbonyl (C=O) groups excluding carboxylic acids is 1. The van der Waals surface area contributed by atoms with Crippen molar-refractivity contribution in [3.05, 3.63) is 29.8 Å². The Bertz CT molecular complexity index is 471. The maximum absolute atomic E-state index is 11.9. The molecule has 1 aromatic carbocycles. The molecule has 19 heavy (non-hydrogen) atoms. The normalized spacial score (nSPS) is 13.5. The minimum absolute atomic E-state index is 0.345. The molecule has 0 saturated carbocycles. The highest BCUT2D eigenvalue weighted by Crippen LogP contribution is 2.13. The Morgan fingerprint density at radius 1 is 1.32 bits per heavy atom. The summed E-state index contributed by atoms with van der Waals surface area (Å²) in [5.74, 6) is -1.80. The van der Waals surface area contributed by atoms with Crippen molar-refractivity contribution >= 4 is 17.6 Å².